The molecule has 0 unspecified atom stereocenters. The Morgan fingerprint density at radius 2 is 1.88 bits per heavy atom. The quantitative estimate of drug-likeness (QED) is 0.593. The Bertz CT molecular complexity index is 1030. The fourth-order valence-corrected chi connectivity index (χ4v) is 4.28. The summed E-state index contributed by atoms with van der Waals surface area (Å²) in [6, 6.07) is 17.8. The van der Waals surface area contributed by atoms with Crippen molar-refractivity contribution in [1.29, 1.82) is 0 Å². The molecular weight excluding hydrogens is 405 g/mol. The molecule has 1 aliphatic heterocycles. The number of nitrogens with zero attached hydrogens (tertiary/aromatic N) is 2. The van der Waals surface area contributed by atoms with Crippen molar-refractivity contribution < 1.29 is 14.3 Å². The predicted octanol–water partition coefficient (Wildman–Crippen LogP) is 3.89. The molecule has 4 rings (SSSR count). The SMILES string of the molecule is CN(Cc1cccnc1)C(=O)c1ccc(C[C@@H]2CC[C@H]([C@H](O)c3ccc(F)cc3)N2)cc1. The monoisotopic (exact) mass is 433 g/mol. The number of aromatic nitrogens is 1. The molecule has 3 atom stereocenters. The highest BCUT2D eigenvalue weighted by Gasteiger charge is 2.30. The average Bonchev–Trinajstić information content (AvgIpc) is 3.28. The Morgan fingerprint density at radius 3 is 2.56 bits per heavy atom. The van der Waals surface area contributed by atoms with Crippen LogP contribution < -0.4 is 5.32 Å². The van der Waals surface area contributed by atoms with Crippen molar-refractivity contribution in [1.82, 2.24) is 15.2 Å². The van der Waals surface area contributed by atoms with E-state index in [1.54, 1.807) is 36.5 Å². The van der Waals surface area contributed by atoms with E-state index >= 15 is 0 Å². The fraction of sp³-hybridized carbons (Fsp3) is 0.308. The summed E-state index contributed by atoms with van der Waals surface area (Å²) in [7, 11) is 1.79. The lowest BCUT2D eigenvalue weighted by molar-refractivity contribution is 0.0785. The maximum absolute atomic E-state index is 13.1. The summed E-state index contributed by atoms with van der Waals surface area (Å²) in [4.78, 5) is 18.5. The van der Waals surface area contributed by atoms with Crippen LogP contribution in [0.2, 0.25) is 0 Å². The first-order chi connectivity index (χ1) is 15.5. The molecule has 5 nitrogen and oxygen atoms in total. The van der Waals surface area contributed by atoms with Crippen molar-refractivity contribution in [2.75, 3.05) is 7.05 Å². The van der Waals surface area contributed by atoms with Gasteiger partial charge >= 0.3 is 0 Å². The van der Waals surface area contributed by atoms with Crippen molar-refractivity contribution in [2.45, 2.75) is 44.0 Å². The van der Waals surface area contributed by atoms with Gasteiger partial charge in [0, 0.05) is 43.6 Å². The standard InChI is InChI=1S/C26H28FN3O2/c1-30(17-19-3-2-14-28-16-19)26(32)21-6-4-18(5-7-21)15-23-12-13-24(29-23)25(31)20-8-10-22(27)11-9-20/h2-11,14,16,23-25,29,31H,12-13,15,17H2,1H3/t23-,24+,25+/m0/s1. The zero-order chi connectivity index (χ0) is 22.5. The van der Waals surface area contributed by atoms with Gasteiger partial charge in [-0.05, 0) is 66.3 Å². The maximum Gasteiger partial charge on any atom is 0.253 e. The number of halogens is 1. The van der Waals surface area contributed by atoms with Crippen LogP contribution in [0.1, 0.15) is 46.0 Å². The normalized spacial score (nSPS) is 19.0. The molecule has 0 radical (unpaired) electrons. The number of aliphatic hydroxyl groups is 1. The third kappa shape index (κ3) is 5.39. The van der Waals surface area contributed by atoms with Crippen LogP contribution in [-0.4, -0.2) is 40.0 Å². The van der Waals surface area contributed by atoms with Crippen molar-refractivity contribution in [3.05, 3.63) is 101 Å². The van der Waals surface area contributed by atoms with E-state index < -0.39 is 6.10 Å². The molecule has 32 heavy (non-hydrogen) atoms. The smallest absolute Gasteiger partial charge is 0.253 e. The number of aliphatic hydroxyl groups excluding tert-OH is 1. The van der Waals surface area contributed by atoms with E-state index in [-0.39, 0.29) is 23.8 Å². The molecule has 166 valence electrons. The second-order valence-corrected chi connectivity index (χ2v) is 8.47. The Labute approximate surface area is 187 Å². The number of pyridine rings is 1. The average molecular weight is 434 g/mol. The van der Waals surface area contributed by atoms with E-state index in [0.29, 0.717) is 12.1 Å². The predicted molar refractivity (Wildman–Crippen MR) is 121 cm³/mol. The molecule has 1 amide bonds. The molecule has 2 aromatic carbocycles. The van der Waals surface area contributed by atoms with E-state index in [9.17, 15) is 14.3 Å². The summed E-state index contributed by atoms with van der Waals surface area (Å²) in [5.41, 5.74) is 3.52. The molecule has 3 aromatic rings. The number of benzene rings is 2. The highest BCUT2D eigenvalue weighted by Crippen LogP contribution is 2.27. The molecule has 0 spiro atoms. The van der Waals surface area contributed by atoms with Crippen molar-refractivity contribution in [3.63, 3.8) is 0 Å². The molecule has 2 heterocycles. The topological polar surface area (TPSA) is 65.5 Å². The van der Waals surface area contributed by atoms with Crippen molar-refractivity contribution in [3.8, 4) is 0 Å². The summed E-state index contributed by atoms with van der Waals surface area (Å²) in [6.45, 7) is 0.512. The summed E-state index contributed by atoms with van der Waals surface area (Å²) in [5, 5.41) is 14.1. The Balaban J connectivity index is 1.31. The fourth-order valence-electron chi connectivity index (χ4n) is 4.28. The number of rotatable bonds is 7. The molecule has 2 N–H and O–H groups in total. The molecule has 1 fully saturated rings. The lowest BCUT2D eigenvalue weighted by atomic mass is 10.0. The summed E-state index contributed by atoms with van der Waals surface area (Å²) < 4.78 is 13.1. The van der Waals surface area contributed by atoms with E-state index in [4.69, 9.17) is 0 Å². The van der Waals surface area contributed by atoms with Gasteiger partial charge in [-0.15, -0.1) is 0 Å². The summed E-state index contributed by atoms with van der Waals surface area (Å²) >= 11 is 0. The van der Waals surface area contributed by atoms with Crippen LogP contribution in [0.3, 0.4) is 0 Å². The van der Waals surface area contributed by atoms with Crippen molar-refractivity contribution >= 4 is 5.91 Å². The second kappa shape index (κ2) is 10.0. The van der Waals surface area contributed by atoms with E-state index in [2.05, 4.69) is 10.3 Å². The molecule has 0 saturated carbocycles. The molecule has 6 heteroatoms. The lowest BCUT2D eigenvalue weighted by Crippen LogP contribution is -2.35. The Morgan fingerprint density at radius 1 is 1.12 bits per heavy atom. The Kier molecular flexibility index (Phi) is 6.93. The number of hydrogen-bond donors (Lipinski definition) is 2. The molecular formula is C26H28FN3O2. The lowest BCUT2D eigenvalue weighted by Gasteiger charge is -2.21. The maximum atomic E-state index is 13.1. The number of hydrogen-bond acceptors (Lipinski definition) is 4. The molecule has 1 saturated heterocycles. The minimum atomic E-state index is -0.657. The van der Waals surface area contributed by atoms with Crippen LogP contribution in [0.5, 0.6) is 0 Å². The highest BCUT2D eigenvalue weighted by atomic mass is 19.1. The van der Waals surface area contributed by atoms with E-state index in [0.717, 1.165) is 36.0 Å². The van der Waals surface area contributed by atoms with E-state index in [1.165, 1.54) is 12.1 Å². The van der Waals surface area contributed by atoms with Crippen LogP contribution in [0.4, 0.5) is 4.39 Å². The molecule has 0 aliphatic carbocycles. The summed E-state index contributed by atoms with van der Waals surface area (Å²) in [5.74, 6) is -0.328. The highest BCUT2D eigenvalue weighted by molar-refractivity contribution is 5.94. The summed E-state index contributed by atoms with van der Waals surface area (Å²) in [6.07, 6.45) is 5.47. The molecule has 1 aliphatic rings. The van der Waals surface area contributed by atoms with Gasteiger partial charge in [0.25, 0.3) is 5.91 Å². The second-order valence-electron chi connectivity index (χ2n) is 8.47. The first-order valence-electron chi connectivity index (χ1n) is 10.9. The van der Waals surface area contributed by atoms with Crippen LogP contribution in [0.25, 0.3) is 0 Å². The number of carbonyl (C=O) groups excluding carboxylic acids is 1. The molecule has 0 bridgehead atoms. The van der Waals surface area contributed by atoms with E-state index in [1.807, 2.05) is 36.4 Å². The van der Waals surface area contributed by atoms with Gasteiger partial charge in [0.15, 0.2) is 0 Å². The van der Waals surface area contributed by atoms with Gasteiger partial charge in [0.05, 0.1) is 6.10 Å². The third-order valence-electron chi connectivity index (χ3n) is 6.04. The van der Waals surface area contributed by atoms with Gasteiger partial charge in [0.2, 0.25) is 0 Å². The largest absolute Gasteiger partial charge is 0.387 e. The van der Waals surface area contributed by atoms with Gasteiger partial charge in [-0.2, -0.15) is 0 Å². The first kappa shape index (κ1) is 22.1. The number of carbonyl (C=O) groups is 1. The van der Waals surface area contributed by atoms with Gasteiger partial charge in [-0.25, -0.2) is 4.39 Å². The minimum absolute atomic E-state index is 0.0260. The number of nitrogens with one attached hydrogen (secondary N) is 1. The van der Waals surface area contributed by atoms with Crippen molar-refractivity contribution in [2.24, 2.45) is 0 Å². The minimum Gasteiger partial charge on any atom is -0.387 e. The third-order valence-corrected chi connectivity index (χ3v) is 6.04. The zero-order valence-electron chi connectivity index (χ0n) is 18.1. The van der Waals surface area contributed by atoms with Crippen LogP contribution in [0, 0.1) is 5.82 Å². The molecule has 1 aromatic heterocycles. The van der Waals surface area contributed by atoms with Gasteiger partial charge < -0.3 is 15.3 Å². The van der Waals surface area contributed by atoms with Gasteiger partial charge in [-0.1, -0.05) is 30.3 Å². The van der Waals surface area contributed by atoms with Gasteiger partial charge in [-0.3, -0.25) is 9.78 Å². The van der Waals surface area contributed by atoms with Crippen LogP contribution in [-0.2, 0) is 13.0 Å². The Hall–Kier alpha value is -3.09. The van der Waals surface area contributed by atoms with Crippen LogP contribution >= 0.6 is 0 Å². The number of amides is 1. The van der Waals surface area contributed by atoms with Gasteiger partial charge in [0.1, 0.15) is 5.82 Å². The van der Waals surface area contributed by atoms with Crippen LogP contribution in [0.15, 0.2) is 73.1 Å². The first-order valence-corrected chi connectivity index (χ1v) is 10.9. The zero-order valence-corrected chi connectivity index (χ0v) is 18.1.